The number of hydrogen-bond donors (Lipinski definition) is 0. The van der Waals surface area contributed by atoms with Gasteiger partial charge in [-0.2, -0.15) is 5.26 Å². The number of nitriles is 1. The van der Waals surface area contributed by atoms with Crippen LogP contribution in [0, 0.1) is 10.7 Å². The van der Waals surface area contributed by atoms with Gasteiger partial charge in [0, 0.05) is 4.47 Å². The summed E-state index contributed by atoms with van der Waals surface area (Å²) < 4.78 is 13.9. The van der Waals surface area contributed by atoms with E-state index in [0.29, 0.717) is 17.3 Å². The summed E-state index contributed by atoms with van der Waals surface area (Å²) in [7, 11) is 0. The molecule has 0 aliphatic rings. The zero-order valence-electron chi connectivity index (χ0n) is 6.00. The molecule has 0 heterocycles. The van der Waals surface area contributed by atoms with Crippen LogP contribution in [-0.2, 0) is 0 Å². The van der Waals surface area contributed by atoms with Crippen LogP contribution in [0.3, 0.4) is 0 Å². The summed E-state index contributed by atoms with van der Waals surface area (Å²) in [6.45, 7) is 0. The van der Waals surface area contributed by atoms with Gasteiger partial charge >= 0.3 is 0 Å². The van der Waals surface area contributed by atoms with Gasteiger partial charge in [-0.15, -0.1) is 0 Å². The van der Waals surface area contributed by atoms with Gasteiger partial charge in [0.15, 0.2) is 5.50 Å². The highest BCUT2D eigenvalue weighted by Crippen LogP contribution is 2.29. The molecular formula is C8H5BrFNS. The lowest BCUT2D eigenvalue weighted by Gasteiger charge is -2.01. The van der Waals surface area contributed by atoms with E-state index in [2.05, 4.69) is 15.9 Å². The van der Waals surface area contributed by atoms with Crippen molar-refractivity contribution in [3.8, 4) is 5.40 Å². The molecular weight excluding hydrogens is 241 g/mol. The number of hydrogen-bond acceptors (Lipinski definition) is 2. The minimum Gasteiger partial charge on any atom is -0.229 e. The monoisotopic (exact) mass is 245 g/mol. The Morgan fingerprint density at radius 2 is 2.00 bits per heavy atom. The van der Waals surface area contributed by atoms with Crippen molar-refractivity contribution in [3.05, 3.63) is 34.3 Å². The van der Waals surface area contributed by atoms with Gasteiger partial charge < -0.3 is 0 Å². The van der Waals surface area contributed by atoms with E-state index in [0.717, 1.165) is 4.47 Å². The maximum absolute atomic E-state index is 13.0. The molecule has 1 aromatic carbocycles. The van der Waals surface area contributed by atoms with Crippen LogP contribution in [0.2, 0.25) is 0 Å². The SMILES string of the molecule is N#CSC(F)c1ccc(Br)cc1. The van der Waals surface area contributed by atoms with E-state index in [-0.39, 0.29) is 0 Å². The molecule has 12 heavy (non-hydrogen) atoms. The molecule has 0 amide bonds. The maximum atomic E-state index is 13.0. The normalized spacial score (nSPS) is 12.1. The molecule has 0 aromatic heterocycles. The molecule has 62 valence electrons. The van der Waals surface area contributed by atoms with Gasteiger partial charge in [-0.25, -0.2) is 4.39 Å². The Balaban J connectivity index is 2.76. The van der Waals surface area contributed by atoms with Crippen LogP contribution < -0.4 is 0 Å². The lowest BCUT2D eigenvalue weighted by Crippen LogP contribution is -1.83. The molecule has 0 radical (unpaired) electrons. The minimum atomic E-state index is -1.25. The summed E-state index contributed by atoms with van der Waals surface area (Å²) in [5, 5.41) is 9.93. The van der Waals surface area contributed by atoms with Crippen LogP contribution in [0.25, 0.3) is 0 Å². The van der Waals surface area contributed by atoms with Gasteiger partial charge in [0.25, 0.3) is 0 Å². The Kier molecular flexibility index (Phi) is 3.57. The van der Waals surface area contributed by atoms with Crippen molar-refractivity contribution < 1.29 is 4.39 Å². The Labute approximate surface area is 82.7 Å². The summed E-state index contributed by atoms with van der Waals surface area (Å²) in [4.78, 5) is 0. The Morgan fingerprint density at radius 3 is 2.50 bits per heavy atom. The van der Waals surface area contributed by atoms with Crippen LogP contribution in [0.4, 0.5) is 4.39 Å². The first kappa shape index (κ1) is 9.56. The van der Waals surface area contributed by atoms with E-state index in [1.165, 1.54) is 0 Å². The van der Waals surface area contributed by atoms with E-state index >= 15 is 0 Å². The van der Waals surface area contributed by atoms with Gasteiger partial charge in [0.05, 0.1) is 0 Å². The summed E-state index contributed by atoms with van der Waals surface area (Å²) in [6, 6.07) is 6.80. The smallest absolute Gasteiger partial charge is 0.184 e. The van der Waals surface area contributed by atoms with Crippen molar-refractivity contribution in [1.29, 1.82) is 5.26 Å². The molecule has 0 N–H and O–H groups in total. The Morgan fingerprint density at radius 1 is 1.42 bits per heavy atom. The summed E-state index contributed by atoms with van der Waals surface area (Å²) in [6.07, 6.45) is 0. The largest absolute Gasteiger partial charge is 0.229 e. The average Bonchev–Trinajstić information content (AvgIpc) is 2.06. The second-order valence-electron chi connectivity index (χ2n) is 2.08. The standard InChI is InChI=1S/C8H5BrFNS/c9-7-3-1-6(2-4-7)8(10)12-5-11/h1-4,8H. The van der Waals surface area contributed by atoms with E-state index in [1.54, 1.807) is 29.7 Å². The van der Waals surface area contributed by atoms with E-state index in [1.807, 2.05) is 0 Å². The zero-order valence-corrected chi connectivity index (χ0v) is 8.40. The fourth-order valence-electron chi connectivity index (χ4n) is 0.728. The molecule has 1 aromatic rings. The van der Waals surface area contributed by atoms with Crippen molar-refractivity contribution in [2.24, 2.45) is 0 Å². The lowest BCUT2D eigenvalue weighted by molar-refractivity contribution is 0.471. The molecule has 4 heteroatoms. The molecule has 1 unspecified atom stereocenters. The average molecular weight is 246 g/mol. The highest BCUT2D eigenvalue weighted by atomic mass is 79.9. The van der Waals surface area contributed by atoms with Crippen LogP contribution in [0.1, 0.15) is 11.1 Å². The number of halogens is 2. The Bertz CT molecular complexity index is 293. The van der Waals surface area contributed by atoms with Gasteiger partial charge in [-0.1, -0.05) is 28.1 Å². The molecule has 0 fully saturated rings. The predicted octanol–water partition coefficient (Wildman–Crippen LogP) is 3.63. The molecule has 0 saturated carbocycles. The number of alkyl halides is 1. The highest BCUT2D eigenvalue weighted by Gasteiger charge is 2.08. The molecule has 1 nitrogen and oxygen atoms in total. The first-order valence-electron chi connectivity index (χ1n) is 3.18. The lowest BCUT2D eigenvalue weighted by atomic mass is 10.2. The Hall–Kier alpha value is -0.530. The predicted molar refractivity (Wildman–Crippen MR) is 51.2 cm³/mol. The summed E-state index contributed by atoms with van der Waals surface area (Å²) >= 11 is 3.85. The molecule has 1 rings (SSSR count). The fourth-order valence-corrected chi connectivity index (χ4v) is 1.38. The van der Waals surface area contributed by atoms with Gasteiger partial charge in [-0.3, -0.25) is 0 Å². The van der Waals surface area contributed by atoms with Crippen LogP contribution >= 0.6 is 27.7 Å². The number of benzene rings is 1. The van der Waals surface area contributed by atoms with Crippen molar-refractivity contribution in [2.75, 3.05) is 0 Å². The number of thioether (sulfide) groups is 1. The van der Waals surface area contributed by atoms with Crippen molar-refractivity contribution in [2.45, 2.75) is 5.50 Å². The highest BCUT2D eigenvalue weighted by molar-refractivity contribution is 9.10. The number of rotatable bonds is 2. The number of nitrogens with zero attached hydrogens (tertiary/aromatic N) is 1. The molecule has 0 saturated heterocycles. The van der Waals surface area contributed by atoms with Gasteiger partial charge in [-0.05, 0) is 29.5 Å². The molecule has 0 aliphatic carbocycles. The quantitative estimate of drug-likeness (QED) is 0.744. The van der Waals surface area contributed by atoms with Gasteiger partial charge in [0.2, 0.25) is 0 Å². The summed E-state index contributed by atoms with van der Waals surface area (Å²) in [5.74, 6) is 0. The second kappa shape index (κ2) is 4.48. The third kappa shape index (κ3) is 2.50. The molecule has 0 bridgehead atoms. The minimum absolute atomic E-state index is 0.518. The van der Waals surface area contributed by atoms with Crippen LogP contribution in [-0.4, -0.2) is 0 Å². The third-order valence-corrected chi connectivity index (χ3v) is 2.40. The second-order valence-corrected chi connectivity index (χ2v) is 3.82. The number of thiocyanates is 1. The first-order chi connectivity index (χ1) is 5.74. The van der Waals surface area contributed by atoms with E-state index in [9.17, 15) is 4.39 Å². The third-order valence-electron chi connectivity index (χ3n) is 1.29. The topological polar surface area (TPSA) is 23.8 Å². The molecule has 0 aliphatic heterocycles. The summed E-state index contributed by atoms with van der Waals surface area (Å²) in [5.41, 5.74) is -0.729. The maximum Gasteiger partial charge on any atom is 0.184 e. The van der Waals surface area contributed by atoms with Crippen molar-refractivity contribution in [1.82, 2.24) is 0 Å². The van der Waals surface area contributed by atoms with Crippen molar-refractivity contribution >= 4 is 27.7 Å². The molecule has 1 atom stereocenters. The van der Waals surface area contributed by atoms with E-state index < -0.39 is 5.50 Å². The van der Waals surface area contributed by atoms with Crippen LogP contribution in [0.5, 0.6) is 0 Å². The van der Waals surface area contributed by atoms with Crippen molar-refractivity contribution in [3.63, 3.8) is 0 Å². The molecule has 0 spiro atoms. The van der Waals surface area contributed by atoms with Crippen LogP contribution in [0.15, 0.2) is 28.7 Å². The first-order valence-corrected chi connectivity index (χ1v) is 4.85. The van der Waals surface area contributed by atoms with Gasteiger partial charge in [0.1, 0.15) is 5.40 Å². The fraction of sp³-hybridized carbons (Fsp3) is 0.125. The zero-order chi connectivity index (χ0) is 8.97. The van der Waals surface area contributed by atoms with E-state index in [4.69, 9.17) is 5.26 Å².